The molecule has 0 radical (unpaired) electrons. The molecule has 1 amide bonds. The zero-order valence-electron chi connectivity index (χ0n) is 22.3. The molecule has 1 saturated heterocycles. The molecule has 2 aliphatic rings. The van der Waals surface area contributed by atoms with Crippen LogP contribution in [0, 0.1) is 0 Å². The van der Waals surface area contributed by atoms with Crippen LogP contribution in [0.4, 0.5) is 5.82 Å². The Morgan fingerprint density at radius 1 is 1.00 bits per heavy atom. The zero-order chi connectivity index (χ0) is 27.0. The number of nitrogens with zero attached hydrogens (tertiary/aromatic N) is 3. The van der Waals surface area contributed by atoms with Crippen molar-refractivity contribution in [1.82, 2.24) is 9.38 Å². The molecule has 39 heavy (non-hydrogen) atoms. The molecule has 1 aliphatic carbocycles. The lowest BCUT2D eigenvalue weighted by molar-refractivity contribution is -0.147. The van der Waals surface area contributed by atoms with Crippen LogP contribution in [0.3, 0.4) is 0 Å². The number of hydrogen-bond acceptors (Lipinski definition) is 6. The Hall–Kier alpha value is -3.91. The van der Waals surface area contributed by atoms with E-state index in [4.69, 9.17) is 20.2 Å². The van der Waals surface area contributed by atoms with Gasteiger partial charge in [-0.1, -0.05) is 42.5 Å². The first-order valence-electron chi connectivity index (χ1n) is 13.7. The van der Waals surface area contributed by atoms with Gasteiger partial charge in [0.25, 0.3) is 5.91 Å². The van der Waals surface area contributed by atoms with E-state index in [-0.39, 0.29) is 18.2 Å². The fraction of sp³-hybridized carbons (Fsp3) is 0.387. The summed E-state index contributed by atoms with van der Waals surface area (Å²) >= 11 is 0. The summed E-state index contributed by atoms with van der Waals surface area (Å²) in [6, 6.07) is 17.7. The van der Waals surface area contributed by atoms with E-state index in [9.17, 15) is 9.59 Å². The topological polar surface area (TPSA) is 99.2 Å². The molecule has 1 aliphatic heterocycles. The number of esters is 1. The maximum atomic E-state index is 12.6. The summed E-state index contributed by atoms with van der Waals surface area (Å²) in [5.74, 6) is 0.489. The normalized spacial score (nSPS) is 16.5. The maximum absolute atomic E-state index is 12.6. The van der Waals surface area contributed by atoms with Gasteiger partial charge in [-0.15, -0.1) is 0 Å². The lowest BCUT2D eigenvalue weighted by Crippen LogP contribution is -2.46. The Balaban J connectivity index is 1.24. The number of nitrogens with two attached hydrogens (primary N) is 1. The second kappa shape index (κ2) is 10.3. The Morgan fingerprint density at radius 3 is 2.46 bits per heavy atom. The van der Waals surface area contributed by atoms with Crippen LogP contribution in [0.15, 0.2) is 54.6 Å². The number of para-hydroxylation sites is 2. The van der Waals surface area contributed by atoms with Crippen LogP contribution in [0.5, 0.6) is 0 Å². The number of primary amides is 1. The monoisotopic (exact) mass is 526 g/mol. The number of carbonyl (C=O) groups excluding carboxylic acids is 2. The minimum Gasteiger partial charge on any atom is -0.461 e. The van der Waals surface area contributed by atoms with Gasteiger partial charge in [0.15, 0.2) is 5.65 Å². The van der Waals surface area contributed by atoms with Crippen molar-refractivity contribution in [3.05, 3.63) is 76.9 Å². The lowest BCUT2D eigenvalue weighted by atomic mass is 9.86. The van der Waals surface area contributed by atoms with E-state index in [1.807, 2.05) is 48.5 Å². The maximum Gasteiger partial charge on any atom is 0.306 e. The van der Waals surface area contributed by atoms with Crippen molar-refractivity contribution in [1.29, 1.82) is 0 Å². The first kappa shape index (κ1) is 25.4. The van der Waals surface area contributed by atoms with E-state index < -0.39 is 5.91 Å². The van der Waals surface area contributed by atoms with Gasteiger partial charge in [0, 0.05) is 26.6 Å². The largest absolute Gasteiger partial charge is 0.461 e. The number of hydrogen-bond donors (Lipinski definition) is 1. The third-order valence-electron chi connectivity index (χ3n) is 8.47. The first-order valence-corrected chi connectivity index (χ1v) is 13.7. The summed E-state index contributed by atoms with van der Waals surface area (Å²) in [6.45, 7) is 1.84. The number of anilines is 1. The van der Waals surface area contributed by atoms with Gasteiger partial charge >= 0.3 is 5.97 Å². The lowest BCUT2D eigenvalue weighted by Gasteiger charge is -2.42. The standard InChI is InChI=1S/C31H34N4O4/c1-38-31(15-14-26(36)39-20-21-8-3-2-4-9-21)16-18-34(19-17-31)30-23-11-7-10-22(23)27(28(32)37)29-33-24-12-5-6-13-25(24)35(29)30/h2-6,8-9,12-13H,7,10-11,14-20H2,1H3,(H2,32,37). The fourth-order valence-electron chi connectivity index (χ4n) is 6.36. The van der Waals surface area contributed by atoms with E-state index in [0.717, 1.165) is 73.2 Å². The van der Waals surface area contributed by atoms with E-state index in [1.54, 1.807) is 7.11 Å². The average Bonchev–Trinajstić information content (AvgIpc) is 3.59. The molecular formula is C31H34N4O4. The van der Waals surface area contributed by atoms with E-state index in [2.05, 4.69) is 15.4 Å². The highest BCUT2D eigenvalue weighted by Crippen LogP contribution is 2.41. The number of benzene rings is 2. The van der Waals surface area contributed by atoms with Crippen LogP contribution in [0.2, 0.25) is 0 Å². The molecule has 0 bridgehead atoms. The molecule has 3 heterocycles. The number of amides is 1. The second-order valence-electron chi connectivity index (χ2n) is 10.7. The molecule has 8 nitrogen and oxygen atoms in total. The summed E-state index contributed by atoms with van der Waals surface area (Å²) < 4.78 is 13.7. The van der Waals surface area contributed by atoms with E-state index in [0.29, 0.717) is 24.1 Å². The van der Waals surface area contributed by atoms with Crippen LogP contribution in [-0.2, 0) is 33.7 Å². The Kier molecular flexibility index (Phi) is 6.73. The molecule has 2 N–H and O–H groups in total. The molecule has 4 aromatic rings. The van der Waals surface area contributed by atoms with Gasteiger partial charge in [-0.3, -0.25) is 14.0 Å². The molecule has 8 heteroatoms. The Morgan fingerprint density at radius 2 is 1.72 bits per heavy atom. The summed E-state index contributed by atoms with van der Waals surface area (Å²) in [5.41, 5.74) is 11.8. The summed E-state index contributed by atoms with van der Waals surface area (Å²) in [4.78, 5) is 32.4. The van der Waals surface area contributed by atoms with Gasteiger partial charge in [-0.25, -0.2) is 4.98 Å². The summed E-state index contributed by atoms with van der Waals surface area (Å²) in [7, 11) is 1.74. The number of aromatic nitrogens is 2. The number of piperidine rings is 1. The van der Waals surface area contributed by atoms with Crippen molar-refractivity contribution in [3.63, 3.8) is 0 Å². The molecule has 0 spiro atoms. The summed E-state index contributed by atoms with van der Waals surface area (Å²) in [6.07, 6.45) is 5.25. The van der Waals surface area contributed by atoms with Crippen molar-refractivity contribution in [3.8, 4) is 0 Å². The van der Waals surface area contributed by atoms with Gasteiger partial charge in [0.2, 0.25) is 0 Å². The predicted octanol–water partition coefficient (Wildman–Crippen LogP) is 4.58. The third-order valence-corrected chi connectivity index (χ3v) is 8.47. The van der Waals surface area contributed by atoms with Gasteiger partial charge in [-0.05, 0) is 67.3 Å². The predicted molar refractivity (Wildman–Crippen MR) is 150 cm³/mol. The van der Waals surface area contributed by atoms with Crippen molar-refractivity contribution in [2.75, 3.05) is 25.1 Å². The van der Waals surface area contributed by atoms with Crippen LogP contribution < -0.4 is 10.6 Å². The molecular weight excluding hydrogens is 492 g/mol. The number of carbonyl (C=O) groups is 2. The van der Waals surface area contributed by atoms with Gasteiger partial charge < -0.3 is 20.1 Å². The molecule has 0 atom stereocenters. The minimum absolute atomic E-state index is 0.204. The molecule has 2 aromatic heterocycles. The highest BCUT2D eigenvalue weighted by molar-refractivity contribution is 6.03. The minimum atomic E-state index is -0.420. The number of pyridine rings is 1. The highest BCUT2D eigenvalue weighted by Gasteiger charge is 2.38. The first-order chi connectivity index (χ1) is 19.0. The fourth-order valence-corrected chi connectivity index (χ4v) is 6.36. The third kappa shape index (κ3) is 4.63. The molecule has 1 fully saturated rings. The van der Waals surface area contributed by atoms with Crippen LogP contribution in [0.1, 0.15) is 59.2 Å². The van der Waals surface area contributed by atoms with Crippen LogP contribution in [0.25, 0.3) is 16.7 Å². The van der Waals surface area contributed by atoms with Gasteiger partial charge in [0.05, 0.1) is 22.2 Å². The molecule has 0 unspecified atom stereocenters. The number of rotatable bonds is 8. The van der Waals surface area contributed by atoms with Crippen molar-refractivity contribution >= 4 is 34.4 Å². The highest BCUT2D eigenvalue weighted by atomic mass is 16.5. The Labute approximate surface area is 227 Å². The molecule has 0 saturated carbocycles. The van der Waals surface area contributed by atoms with Crippen molar-refractivity contribution < 1.29 is 19.1 Å². The van der Waals surface area contributed by atoms with Gasteiger partial charge in [0.1, 0.15) is 12.4 Å². The SMILES string of the molecule is COC1(CCC(=O)OCc2ccccc2)CCN(c2c3c(c(C(N)=O)c4nc5ccccc5n24)CCC3)CC1. The van der Waals surface area contributed by atoms with Crippen molar-refractivity contribution in [2.24, 2.45) is 5.73 Å². The quantitative estimate of drug-likeness (QED) is 0.337. The number of ether oxygens (including phenoxy) is 2. The van der Waals surface area contributed by atoms with E-state index in [1.165, 1.54) is 5.56 Å². The molecule has 6 rings (SSSR count). The van der Waals surface area contributed by atoms with Gasteiger partial charge in [-0.2, -0.15) is 0 Å². The zero-order valence-corrected chi connectivity index (χ0v) is 22.3. The summed E-state index contributed by atoms with van der Waals surface area (Å²) in [5, 5.41) is 0. The average molecular weight is 527 g/mol. The smallest absolute Gasteiger partial charge is 0.306 e. The number of methoxy groups -OCH3 is 1. The van der Waals surface area contributed by atoms with Crippen LogP contribution >= 0.6 is 0 Å². The van der Waals surface area contributed by atoms with E-state index >= 15 is 0 Å². The second-order valence-corrected chi connectivity index (χ2v) is 10.7. The van der Waals surface area contributed by atoms with Crippen molar-refractivity contribution in [2.45, 2.75) is 57.2 Å². The molecule has 2 aromatic carbocycles. The van der Waals surface area contributed by atoms with Crippen LogP contribution in [-0.4, -0.2) is 47.1 Å². The number of fused-ring (bicyclic) bond motifs is 4. The number of imidazole rings is 1. The Bertz CT molecular complexity index is 1540. The molecule has 202 valence electrons.